The van der Waals surface area contributed by atoms with Crippen LogP contribution < -0.4 is 0 Å². The van der Waals surface area contributed by atoms with Crippen molar-refractivity contribution in [1.82, 2.24) is 9.80 Å². The summed E-state index contributed by atoms with van der Waals surface area (Å²) in [6.45, 7) is 5.91. The van der Waals surface area contributed by atoms with E-state index in [0.717, 1.165) is 32.4 Å². The molecule has 0 aromatic heterocycles. The van der Waals surface area contributed by atoms with Crippen molar-refractivity contribution in [2.75, 3.05) is 19.6 Å². The summed E-state index contributed by atoms with van der Waals surface area (Å²) in [6.07, 6.45) is 3.46. The van der Waals surface area contributed by atoms with E-state index in [2.05, 4.69) is 6.92 Å². The molecule has 0 spiro atoms. The van der Waals surface area contributed by atoms with Crippen LogP contribution in [0.2, 0.25) is 0 Å². The van der Waals surface area contributed by atoms with Crippen LogP contribution in [0.25, 0.3) is 0 Å². The summed E-state index contributed by atoms with van der Waals surface area (Å²) in [6, 6.07) is -0.0895. The van der Waals surface area contributed by atoms with Gasteiger partial charge in [-0.2, -0.15) is 0 Å². The largest absolute Gasteiger partial charge is 0.480 e. The third-order valence-electron chi connectivity index (χ3n) is 4.47. The highest BCUT2D eigenvalue weighted by molar-refractivity contribution is 5.86. The minimum Gasteiger partial charge on any atom is -0.480 e. The first-order valence-electron chi connectivity index (χ1n) is 6.79. The van der Waals surface area contributed by atoms with E-state index in [4.69, 9.17) is 0 Å². The van der Waals surface area contributed by atoms with Crippen molar-refractivity contribution >= 4 is 12.0 Å². The maximum atomic E-state index is 12.4. The van der Waals surface area contributed by atoms with Gasteiger partial charge in [0, 0.05) is 19.6 Å². The van der Waals surface area contributed by atoms with Gasteiger partial charge < -0.3 is 14.9 Å². The monoisotopic (exact) mass is 254 g/mol. The molecule has 2 heterocycles. The number of urea groups is 1. The third-order valence-corrected chi connectivity index (χ3v) is 4.47. The third kappa shape index (κ3) is 2.06. The van der Waals surface area contributed by atoms with E-state index in [1.165, 1.54) is 0 Å². The predicted octanol–water partition coefficient (Wildman–Crippen LogP) is 1.78. The fraction of sp³-hybridized carbons (Fsp3) is 0.846. The zero-order valence-corrected chi connectivity index (χ0v) is 11.2. The van der Waals surface area contributed by atoms with Crippen LogP contribution in [-0.2, 0) is 4.79 Å². The Morgan fingerprint density at radius 1 is 1.39 bits per heavy atom. The molecule has 2 saturated heterocycles. The highest BCUT2D eigenvalue weighted by Gasteiger charge is 2.47. The fourth-order valence-corrected chi connectivity index (χ4v) is 3.00. The van der Waals surface area contributed by atoms with Gasteiger partial charge in [-0.3, -0.25) is 0 Å². The Balaban J connectivity index is 2.07. The van der Waals surface area contributed by atoms with Gasteiger partial charge in [0.25, 0.3) is 0 Å². The lowest BCUT2D eigenvalue weighted by Gasteiger charge is -2.34. The molecular weight excluding hydrogens is 232 g/mol. The van der Waals surface area contributed by atoms with Crippen LogP contribution in [0.3, 0.4) is 0 Å². The minimum absolute atomic E-state index is 0.0895. The number of rotatable bonds is 2. The highest BCUT2D eigenvalue weighted by atomic mass is 16.4. The quantitative estimate of drug-likeness (QED) is 0.817. The summed E-state index contributed by atoms with van der Waals surface area (Å²) >= 11 is 0. The van der Waals surface area contributed by atoms with Crippen molar-refractivity contribution in [3.05, 3.63) is 0 Å². The molecule has 0 aromatic rings. The molecule has 102 valence electrons. The van der Waals surface area contributed by atoms with Crippen LogP contribution in [0.5, 0.6) is 0 Å². The van der Waals surface area contributed by atoms with Crippen molar-refractivity contribution in [3.8, 4) is 0 Å². The van der Waals surface area contributed by atoms with Gasteiger partial charge >= 0.3 is 12.0 Å². The van der Waals surface area contributed by atoms with Crippen LogP contribution in [-0.4, -0.2) is 52.1 Å². The van der Waals surface area contributed by atoms with Crippen molar-refractivity contribution in [2.45, 2.75) is 45.1 Å². The molecule has 2 atom stereocenters. The Kier molecular flexibility index (Phi) is 3.50. The van der Waals surface area contributed by atoms with Crippen LogP contribution in [0.15, 0.2) is 0 Å². The van der Waals surface area contributed by atoms with E-state index in [0.29, 0.717) is 18.9 Å². The number of carbonyl (C=O) groups is 2. The summed E-state index contributed by atoms with van der Waals surface area (Å²) in [5.74, 6) is -0.313. The zero-order chi connectivity index (χ0) is 13.3. The van der Waals surface area contributed by atoms with Gasteiger partial charge in [-0.05, 0) is 32.1 Å². The molecule has 0 radical (unpaired) electrons. The van der Waals surface area contributed by atoms with Gasteiger partial charge in [0.05, 0.1) is 0 Å². The summed E-state index contributed by atoms with van der Waals surface area (Å²) in [7, 11) is 0. The van der Waals surface area contributed by atoms with E-state index < -0.39 is 11.5 Å². The van der Waals surface area contributed by atoms with Crippen LogP contribution >= 0.6 is 0 Å². The second-order valence-corrected chi connectivity index (χ2v) is 5.63. The number of amides is 2. The summed E-state index contributed by atoms with van der Waals surface area (Å²) in [5, 5.41) is 9.32. The Bertz CT molecular complexity index is 358. The molecule has 2 unspecified atom stereocenters. The first-order chi connectivity index (χ1) is 8.49. The number of hydrogen-bond acceptors (Lipinski definition) is 2. The lowest BCUT2D eigenvalue weighted by molar-refractivity contribution is -0.147. The van der Waals surface area contributed by atoms with Gasteiger partial charge in [-0.15, -0.1) is 0 Å². The molecule has 2 aliphatic rings. The van der Waals surface area contributed by atoms with E-state index >= 15 is 0 Å². The Hall–Kier alpha value is -1.26. The molecule has 2 amide bonds. The molecule has 5 heteroatoms. The number of likely N-dealkylation sites (tertiary alicyclic amines) is 2. The molecule has 5 nitrogen and oxygen atoms in total. The van der Waals surface area contributed by atoms with E-state index in [1.54, 1.807) is 11.8 Å². The lowest BCUT2D eigenvalue weighted by Crippen LogP contribution is -2.54. The summed E-state index contributed by atoms with van der Waals surface area (Å²) < 4.78 is 0. The average Bonchev–Trinajstić information content (AvgIpc) is 2.95. The van der Waals surface area contributed by atoms with Gasteiger partial charge in [0.1, 0.15) is 5.54 Å². The molecule has 1 N–H and O–H groups in total. The molecule has 2 rings (SSSR count). The van der Waals surface area contributed by atoms with Crippen LogP contribution in [0, 0.1) is 5.92 Å². The first-order valence-corrected chi connectivity index (χ1v) is 6.79. The van der Waals surface area contributed by atoms with Crippen LogP contribution in [0.4, 0.5) is 4.79 Å². The normalized spacial score (nSPS) is 32.0. The second kappa shape index (κ2) is 4.78. The molecule has 0 aromatic carbocycles. The molecular formula is C13H22N2O3. The zero-order valence-electron chi connectivity index (χ0n) is 11.2. The topological polar surface area (TPSA) is 60.9 Å². The maximum absolute atomic E-state index is 12.4. The molecule has 0 aliphatic carbocycles. The average molecular weight is 254 g/mol. The highest BCUT2D eigenvalue weighted by Crippen LogP contribution is 2.31. The van der Waals surface area contributed by atoms with Gasteiger partial charge in [0.2, 0.25) is 0 Å². The predicted molar refractivity (Wildman–Crippen MR) is 67.3 cm³/mol. The number of hydrogen-bond donors (Lipinski definition) is 1. The van der Waals surface area contributed by atoms with Crippen LogP contribution in [0.1, 0.15) is 39.5 Å². The molecule has 0 bridgehead atoms. The molecule has 18 heavy (non-hydrogen) atoms. The standard InChI is InChI=1S/C13H22N2O3/c1-3-10-5-8-14(9-10)12(18)15-7-4-6-13(15,2)11(16)17/h10H,3-9H2,1-2H3,(H,16,17). The molecule has 2 aliphatic heterocycles. The van der Waals surface area contributed by atoms with Gasteiger partial charge in [-0.1, -0.05) is 13.3 Å². The lowest BCUT2D eigenvalue weighted by atomic mass is 10.00. The number of carboxylic acids is 1. The summed E-state index contributed by atoms with van der Waals surface area (Å²) in [5.41, 5.74) is -1.01. The van der Waals surface area contributed by atoms with E-state index in [9.17, 15) is 14.7 Å². The second-order valence-electron chi connectivity index (χ2n) is 5.63. The van der Waals surface area contributed by atoms with Gasteiger partial charge in [0.15, 0.2) is 0 Å². The van der Waals surface area contributed by atoms with Crippen molar-refractivity contribution in [1.29, 1.82) is 0 Å². The SMILES string of the molecule is CCC1CCN(C(=O)N2CCCC2(C)C(=O)O)C1. The molecule has 0 saturated carbocycles. The Labute approximate surface area is 108 Å². The van der Waals surface area contributed by atoms with Crippen molar-refractivity contribution < 1.29 is 14.7 Å². The van der Waals surface area contributed by atoms with E-state index in [-0.39, 0.29) is 6.03 Å². The van der Waals surface area contributed by atoms with Crippen molar-refractivity contribution in [3.63, 3.8) is 0 Å². The fourth-order valence-electron chi connectivity index (χ4n) is 3.00. The van der Waals surface area contributed by atoms with E-state index in [1.807, 2.05) is 4.90 Å². The van der Waals surface area contributed by atoms with Gasteiger partial charge in [-0.25, -0.2) is 9.59 Å². The number of carbonyl (C=O) groups excluding carboxylic acids is 1. The Morgan fingerprint density at radius 3 is 2.67 bits per heavy atom. The first kappa shape index (κ1) is 13.2. The molecule has 2 fully saturated rings. The minimum atomic E-state index is -1.01. The Morgan fingerprint density at radius 2 is 2.11 bits per heavy atom. The maximum Gasteiger partial charge on any atom is 0.329 e. The number of aliphatic carboxylic acids is 1. The smallest absolute Gasteiger partial charge is 0.329 e. The summed E-state index contributed by atoms with van der Waals surface area (Å²) in [4.78, 5) is 27.1. The number of nitrogens with zero attached hydrogens (tertiary/aromatic N) is 2. The van der Waals surface area contributed by atoms with Crippen molar-refractivity contribution in [2.24, 2.45) is 5.92 Å². The number of carboxylic acid groups (broad SMARTS) is 1.